The average molecular weight is 336 g/mol. The van der Waals surface area contributed by atoms with Crippen LogP contribution in [-0.4, -0.2) is 18.7 Å². The smallest absolute Gasteiger partial charge is 0.134 e. The Labute approximate surface area is 129 Å². The first kappa shape index (κ1) is 15.3. The molecule has 0 fully saturated rings. The van der Waals surface area contributed by atoms with E-state index in [0.717, 1.165) is 29.8 Å². The van der Waals surface area contributed by atoms with E-state index >= 15 is 0 Å². The largest absolute Gasteiger partial charge is 0.492 e. The van der Waals surface area contributed by atoms with Crippen LogP contribution >= 0.6 is 15.9 Å². The number of rotatable bonds is 5. The number of ether oxygens (including phenoxy) is 1. The summed E-state index contributed by atoms with van der Waals surface area (Å²) in [7, 11) is 0. The molecule has 2 rings (SSSR count). The lowest BCUT2D eigenvalue weighted by molar-refractivity contribution is 0.297. The third-order valence-electron chi connectivity index (χ3n) is 3.06. The summed E-state index contributed by atoms with van der Waals surface area (Å²) in [6.07, 6.45) is 0.997. The van der Waals surface area contributed by atoms with Gasteiger partial charge in [0.15, 0.2) is 0 Å². The topological polar surface area (TPSA) is 21.3 Å². The standard InChI is InChI=1S/C17H22BrNO/c1-17(2,3)19-11-6-12-20-15-10-9-13-7-4-5-8-14(13)16(15)18/h4-5,7-10,19H,6,11-12H2,1-3H3. The van der Waals surface area contributed by atoms with Crippen LogP contribution in [0.5, 0.6) is 5.75 Å². The van der Waals surface area contributed by atoms with Gasteiger partial charge in [0, 0.05) is 5.54 Å². The van der Waals surface area contributed by atoms with Crippen molar-refractivity contribution in [3.05, 3.63) is 40.9 Å². The Bertz CT molecular complexity index is 575. The number of hydrogen-bond donors (Lipinski definition) is 1. The molecule has 1 N–H and O–H groups in total. The van der Waals surface area contributed by atoms with Crippen LogP contribution in [0, 0.1) is 0 Å². The second kappa shape index (κ2) is 6.59. The van der Waals surface area contributed by atoms with Gasteiger partial charge in [0.2, 0.25) is 0 Å². The molecule has 0 saturated heterocycles. The van der Waals surface area contributed by atoms with E-state index in [2.05, 4.69) is 60.2 Å². The van der Waals surface area contributed by atoms with E-state index in [0.29, 0.717) is 0 Å². The molecule has 0 amide bonds. The Morgan fingerprint density at radius 1 is 1.10 bits per heavy atom. The minimum Gasteiger partial charge on any atom is -0.492 e. The maximum atomic E-state index is 5.87. The summed E-state index contributed by atoms with van der Waals surface area (Å²) < 4.78 is 6.91. The van der Waals surface area contributed by atoms with Crippen molar-refractivity contribution in [3.8, 4) is 5.75 Å². The van der Waals surface area contributed by atoms with Gasteiger partial charge in [0.25, 0.3) is 0 Å². The third kappa shape index (κ3) is 4.22. The molecule has 0 unspecified atom stereocenters. The summed E-state index contributed by atoms with van der Waals surface area (Å²) in [5, 5.41) is 5.88. The molecule has 0 saturated carbocycles. The number of benzene rings is 2. The number of nitrogens with one attached hydrogen (secondary N) is 1. The van der Waals surface area contributed by atoms with E-state index in [1.807, 2.05) is 18.2 Å². The van der Waals surface area contributed by atoms with E-state index in [1.54, 1.807) is 0 Å². The van der Waals surface area contributed by atoms with Crippen LogP contribution in [0.2, 0.25) is 0 Å². The fourth-order valence-electron chi connectivity index (χ4n) is 2.04. The maximum Gasteiger partial charge on any atom is 0.134 e. The number of hydrogen-bond acceptors (Lipinski definition) is 2. The van der Waals surface area contributed by atoms with Crippen molar-refractivity contribution in [1.82, 2.24) is 5.32 Å². The average Bonchev–Trinajstić information content (AvgIpc) is 2.40. The molecule has 0 aromatic heterocycles. The normalized spacial score (nSPS) is 11.8. The third-order valence-corrected chi connectivity index (χ3v) is 3.88. The number of halogens is 1. The fourth-order valence-corrected chi connectivity index (χ4v) is 2.65. The van der Waals surface area contributed by atoms with E-state index in [1.165, 1.54) is 10.8 Å². The molecule has 0 heterocycles. The second-order valence-corrected chi connectivity index (χ2v) is 6.77. The molecule has 2 aromatic rings. The lowest BCUT2D eigenvalue weighted by Gasteiger charge is -2.20. The summed E-state index contributed by atoms with van der Waals surface area (Å²) in [5.74, 6) is 0.916. The Hall–Kier alpha value is -1.06. The van der Waals surface area contributed by atoms with Crippen LogP contribution in [-0.2, 0) is 0 Å². The molecule has 0 aliphatic carbocycles. The van der Waals surface area contributed by atoms with Gasteiger partial charge in [-0.25, -0.2) is 0 Å². The van der Waals surface area contributed by atoms with Crippen molar-refractivity contribution in [2.45, 2.75) is 32.7 Å². The van der Waals surface area contributed by atoms with Gasteiger partial charge in [-0.3, -0.25) is 0 Å². The van der Waals surface area contributed by atoms with E-state index in [-0.39, 0.29) is 5.54 Å². The van der Waals surface area contributed by atoms with E-state index in [4.69, 9.17) is 4.74 Å². The molecule has 2 nitrogen and oxygen atoms in total. The lowest BCUT2D eigenvalue weighted by Crippen LogP contribution is -2.36. The number of fused-ring (bicyclic) bond motifs is 1. The lowest BCUT2D eigenvalue weighted by atomic mass is 10.1. The van der Waals surface area contributed by atoms with Crippen LogP contribution in [0.3, 0.4) is 0 Å². The van der Waals surface area contributed by atoms with Gasteiger partial charge in [-0.2, -0.15) is 0 Å². The highest BCUT2D eigenvalue weighted by molar-refractivity contribution is 9.10. The van der Waals surface area contributed by atoms with Gasteiger partial charge in [-0.1, -0.05) is 30.3 Å². The van der Waals surface area contributed by atoms with Crippen molar-refractivity contribution < 1.29 is 4.74 Å². The van der Waals surface area contributed by atoms with Crippen LogP contribution in [0.1, 0.15) is 27.2 Å². The van der Waals surface area contributed by atoms with Gasteiger partial charge >= 0.3 is 0 Å². The molecule has 2 aromatic carbocycles. The zero-order valence-electron chi connectivity index (χ0n) is 12.4. The van der Waals surface area contributed by atoms with Crippen LogP contribution < -0.4 is 10.1 Å². The van der Waals surface area contributed by atoms with Crippen LogP contribution in [0.15, 0.2) is 40.9 Å². The van der Waals surface area contributed by atoms with Crippen molar-refractivity contribution in [2.24, 2.45) is 0 Å². The second-order valence-electron chi connectivity index (χ2n) is 5.98. The Balaban J connectivity index is 1.92. The van der Waals surface area contributed by atoms with Crippen molar-refractivity contribution in [3.63, 3.8) is 0 Å². The van der Waals surface area contributed by atoms with Gasteiger partial charge in [0.05, 0.1) is 11.1 Å². The molecule has 0 atom stereocenters. The van der Waals surface area contributed by atoms with E-state index in [9.17, 15) is 0 Å². The monoisotopic (exact) mass is 335 g/mol. The Morgan fingerprint density at radius 2 is 1.85 bits per heavy atom. The zero-order valence-corrected chi connectivity index (χ0v) is 14.0. The highest BCUT2D eigenvalue weighted by atomic mass is 79.9. The molecule has 20 heavy (non-hydrogen) atoms. The molecule has 0 aliphatic heterocycles. The SMILES string of the molecule is CC(C)(C)NCCCOc1ccc2ccccc2c1Br. The van der Waals surface area contributed by atoms with Gasteiger partial charge in [-0.05, 0) is 66.5 Å². The molecule has 0 radical (unpaired) electrons. The Kier molecular flexibility index (Phi) is 5.06. The predicted octanol–water partition coefficient (Wildman–Crippen LogP) is 4.76. The summed E-state index contributed by atoms with van der Waals surface area (Å²) >= 11 is 3.64. The maximum absolute atomic E-state index is 5.87. The first-order valence-corrected chi connectivity index (χ1v) is 7.82. The molecular weight excluding hydrogens is 314 g/mol. The van der Waals surface area contributed by atoms with E-state index < -0.39 is 0 Å². The molecule has 0 aliphatic rings. The van der Waals surface area contributed by atoms with Crippen molar-refractivity contribution in [1.29, 1.82) is 0 Å². The highest BCUT2D eigenvalue weighted by Crippen LogP contribution is 2.32. The summed E-state index contributed by atoms with van der Waals surface area (Å²) in [6, 6.07) is 12.4. The first-order valence-electron chi connectivity index (χ1n) is 7.02. The summed E-state index contributed by atoms with van der Waals surface area (Å²) in [4.78, 5) is 0. The van der Waals surface area contributed by atoms with Crippen LogP contribution in [0.25, 0.3) is 10.8 Å². The molecule has 108 valence electrons. The van der Waals surface area contributed by atoms with Gasteiger partial charge in [-0.15, -0.1) is 0 Å². The zero-order chi connectivity index (χ0) is 14.6. The minimum absolute atomic E-state index is 0.170. The highest BCUT2D eigenvalue weighted by Gasteiger charge is 2.08. The minimum atomic E-state index is 0.170. The molecular formula is C17H22BrNO. The Morgan fingerprint density at radius 3 is 2.60 bits per heavy atom. The van der Waals surface area contributed by atoms with Gasteiger partial charge in [0.1, 0.15) is 5.75 Å². The summed E-state index contributed by atoms with van der Waals surface area (Å²) in [5.41, 5.74) is 0.170. The summed E-state index contributed by atoms with van der Waals surface area (Å²) in [6.45, 7) is 8.21. The quantitative estimate of drug-likeness (QED) is 0.795. The van der Waals surface area contributed by atoms with Crippen LogP contribution in [0.4, 0.5) is 0 Å². The van der Waals surface area contributed by atoms with Gasteiger partial charge < -0.3 is 10.1 Å². The van der Waals surface area contributed by atoms with Crippen molar-refractivity contribution >= 4 is 26.7 Å². The molecule has 0 spiro atoms. The molecule has 3 heteroatoms. The first-order chi connectivity index (χ1) is 9.47. The fraction of sp³-hybridized carbons (Fsp3) is 0.412. The van der Waals surface area contributed by atoms with Crippen molar-refractivity contribution in [2.75, 3.05) is 13.2 Å². The predicted molar refractivity (Wildman–Crippen MR) is 89.5 cm³/mol. The molecule has 0 bridgehead atoms.